The van der Waals surface area contributed by atoms with E-state index in [1.807, 2.05) is 49.4 Å². The van der Waals surface area contributed by atoms with Crippen LogP contribution in [0.5, 0.6) is 5.75 Å². The molecule has 2 N–H and O–H groups in total. The smallest absolute Gasteiger partial charge is 0.418 e. The fraction of sp³-hybridized carbons (Fsp3) is 0.379. The summed E-state index contributed by atoms with van der Waals surface area (Å²) in [4.78, 5) is 15.4. The van der Waals surface area contributed by atoms with E-state index in [0.717, 1.165) is 53.3 Å². The van der Waals surface area contributed by atoms with Crippen LogP contribution in [0.1, 0.15) is 60.1 Å². The first-order valence-corrected chi connectivity index (χ1v) is 12.6. The Kier molecular flexibility index (Phi) is 8.48. The Bertz CT molecular complexity index is 1230. The van der Waals surface area contributed by atoms with E-state index in [4.69, 9.17) is 9.84 Å². The standard InChI is InChI=1S/C29H31F3N2O3/c1-2-19-4-6-20(7-5-19)26-13-12-25(29(30,31)32)27(34-26)18-33-14-3-15-37-23-10-11-24-21(16-23)8-9-22(24)17-28(35)36/h4-7,10-13,16,22,33H,2-3,8-9,14-15,17-18H2,1H3,(H,35,36)/t22-/m0/s1. The molecule has 1 aromatic heterocycles. The fourth-order valence-corrected chi connectivity index (χ4v) is 4.75. The molecule has 2 aromatic carbocycles. The number of benzene rings is 2. The van der Waals surface area contributed by atoms with E-state index < -0.39 is 17.7 Å². The van der Waals surface area contributed by atoms with E-state index in [1.54, 1.807) is 0 Å². The van der Waals surface area contributed by atoms with E-state index in [1.165, 1.54) is 6.07 Å². The van der Waals surface area contributed by atoms with Crippen LogP contribution in [0.3, 0.4) is 0 Å². The minimum Gasteiger partial charge on any atom is -0.494 e. The predicted molar refractivity (Wildman–Crippen MR) is 136 cm³/mol. The molecule has 4 rings (SSSR count). The summed E-state index contributed by atoms with van der Waals surface area (Å²) < 4.78 is 46.5. The number of hydrogen-bond acceptors (Lipinski definition) is 4. The van der Waals surface area contributed by atoms with Gasteiger partial charge in [0.25, 0.3) is 0 Å². The molecule has 0 spiro atoms. The molecule has 3 aromatic rings. The highest BCUT2D eigenvalue weighted by molar-refractivity contribution is 5.68. The third kappa shape index (κ3) is 6.89. The van der Waals surface area contributed by atoms with Gasteiger partial charge in [0.2, 0.25) is 0 Å². The minimum absolute atomic E-state index is 0.000459. The van der Waals surface area contributed by atoms with Gasteiger partial charge in [-0.15, -0.1) is 0 Å². The molecule has 1 aliphatic rings. The molecule has 1 heterocycles. The van der Waals surface area contributed by atoms with Gasteiger partial charge < -0.3 is 15.2 Å². The number of fused-ring (bicyclic) bond motifs is 1. The minimum atomic E-state index is -4.48. The molecule has 0 saturated carbocycles. The lowest BCUT2D eigenvalue weighted by Gasteiger charge is -2.15. The monoisotopic (exact) mass is 512 g/mol. The number of aryl methyl sites for hydroxylation is 2. The number of nitrogens with one attached hydrogen (secondary N) is 1. The van der Waals surface area contributed by atoms with Crippen LogP contribution in [0.15, 0.2) is 54.6 Å². The molecule has 0 amide bonds. The molecule has 196 valence electrons. The number of alkyl halides is 3. The summed E-state index contributed by atoms with van der Waals surface area (Å²) in [6.07, 6.45) is -1.18. The number of rotatable bonds is 11. The lowest BCUT2D eigenvalue weighted by atomic mass is 9.98. The lowest BCUT2D eigenvalue weighted by Crippen LogP contribution is -2.21. The zero-order chi connectivity index (χ0) is 26.4. The number of carboxylic acids is 1. The van der Waals surface area contributed by atoms with Crippen molar-refractivity contribution >= 4 is 5.97 Å². The second-order valence-corrected chi connectivity index (χ2v) is 9.31. The average molecular weight is 513 g/mol. The number of ether oxygens (including phenoxy) is 1. The van der Waals surface area contributed by atoms with Crippen molar-refractivity contribution in [2.75, 3.05) is 13.2 Å². The first-order valence-electron chi connectivity index (χ1n) is 12.6. The predicted octanol–water partition coefficient (Wildman–Crippen LogP) is 6.39. The van der Waals surface area contributed by atoms with Crippen LogP contribution in [-0.4, -0.2) is 29.2 Å². The average Bonchev–Trinajstić information content (AvgIpc) is 3.26. The number of aliphatic carboxylic acids is 1. The highest BCUT2D eigenvalue weighted by Crippen LogP contribution is 2.37. The normalized spacial score (nSPS) is 15.0. The van der Waals surface area contributed by atoms with Crippen LogP contribution in [0, 0.1) is 0 Å². The quantitative estimate of drug-likeness (QED) is 0.291. The van der Waals surface area contributed by atoms with E-state index >= 15 is 0 Å². The third-order valence-electron chi connectivity index (χ3n) is 6.73. The summed E-state index contributed by atoms with van der Waals surface area (Å²) in [5, 5.41) is 12.1. The van der Waals surface area contributed by atoms with Gasteiger partial charge in [-0.2, -0.15) is 13.2 Å². The van der Waals surface area contributed by atoms with Gasteiger partial charge in [-0.3, -0.25) is 9.78 Å². The van der Waals surface area contributed by atoms with Crippen molar-refractivity contribution in [3.63, 3.8) is 0 Å². The molecule has 5 nitrogen and oxygen atoms in total. The van der Waals surface area contributed by atoms with Gasteiger partial charge in [0, 0.05) is 12.1 Å². The molecule has 1 atom stereocenters. The van der Waals surface area contributed by atoms with Gasteiger partial charge in [0.15, 0.2) is 0 Å². The molecule has 0 radical (unpaired) electrons. The van der Waals surface area contributed by atoms with Crippen LogP contribution in [0.4, 0.5) is 13.2 Å². The number of carbonyl (C=O) groups is 1. The summed E-state index contributed by atoms with van der Waals surface area (Å²) in [5.41, 5.74) is 3.89. The Hall–Kier alpha value is -3.39. The van der Waals surface area contributed by atoms with Crippen molar-refractivity contribution in [1.82, 2.24) is 10.3 Å². The molecular weight excluding hydrogens is 481 g/mol. The molecule has 0 bridgehead atoms. The molecule has 8 heteroatoms. The Labute approximate surface area is 214 Å². The number of aromatic nitrogens is 1. The summed E-state index contributed by atoms with van der Waals surface area (Å²) in [5.74, 6) is -0.0201. The molecule has 0 saturated heterocycles. The van der Waals surface area contributed by atoms with Crippen molar-refractivity contribution in [2.24, 2.45) is 0 Å². The molecule has 0 unspecified atom stereocenters. The van der Waals surface area contributed by atoms with Crippen molar-refractivity contribution in [1.29, 1.82) is 0 Å². The summed E-state index contributed by atoms with van der Waals surface area (Å²) in [7, 11) is 0. The van der Waals surface area contributed by atoms with E-state index in [2.05, 4.69) is 10.3 Å². The van der Waals surface area contributed by atoms with Gasteiger partial charge in [0.1, 0.15) is 5.75 Å². The fourth-order valence-electron chi connectivity index (χ4n) is 4.75. The van der Waals surface area contributed by atoms with Crippen molar-refractivity contribution in [2.45, 2.75) is 57.7 Å². The van der Waals surface area contributed by atoms with E-state index in [-0.39, 0.29) is 24.6 Å². The number of hydrogen-bond donors (Lipinski definition) is 2. The maximum atomic E-state index is 13.6. The maximum absolute atomic E-state index is 13.6. The van der Waals surface area contributed by atoms with Gasteiger partial charge >= 0.3 is 12.1 Å². The van der Waals surface area contributed by atoms with E-state index in [0.29, 0.717) is 25.3 Å². The van der Waals surface area contributed by atoms with Gasteiger partial charge in [-0.25, -0.2) is 0 Å². The molecule has 0 aliphatic heterocycles. The van der Waals surface area contributed by atoms with Crippen LogP contribution < -0.4 is 10.1 Å². The van der Waals surface area contributed by atoms with E-state index in [9.17, 15) is 18.0 Å². The number of nitrogens with zero attached hydrogens (tertiary/aromatic N) is 1. The first kappa shape index (κ1) is 26.7. The van der Waals surface area contributed by atoms with Crippen LogP contribution in [0.25, 0.3) is 11.3 Å². The van der Waals surface area contributed by atoms with Crippen LogP contribution >= 0.6 is 0 Å². The Balaban J connectivity index is 1.30. The molecular formula is C29H31F3N2O3. The Morgan fingerprint density at radius 3 is 2.62 bits per heavy atom. The number of pyridine rings is 1. The van der Waals surface area contributed by atoms with Gasteiger partial charge in [-0.1, -0.05) is 37.3 Å². The highest BCUT2D eigenvalue weighted by atomic mass is 19.4. The molecule has 0 fully saturated rings. The summed E-state index contributed by atoms with van der Waals surface area (Å²) in [6.45, 7) is 2.93. The maximum Gasteiger partial charge on any atom is 0.418 e. The second-order valence-electron chi connectivity index (χ2n) is 9.31. The summed E-state index contributed by atoms with van der Waals surface area (Å²) >= 11 is 0. The van der Waals surface area contributed by atoms with Crippen molar-refractivity contribution in [3.8, 4) is 17.0 Å². The van der Waals surface area contributed by atoms with Crippen molar-refractivity contribution in [3.05, 3.63) is 82.5 Å². The molecule has 37 heavy (non-hydrogen) atoms. The highest BCUT2D eigenvalue weighted by Gasteiger charge is 2.34. The first-order chi connectivity index (χ1) is 17.7. The van der Waals surface area contributed by atoms with Crippen LogP contribution in [-0.2, 0) is 30.4 Å². The zero-order valence-corrected chi connectivity index (χ0v) is 20.8. The number of halogens is 3. The Morgan fingerprint density at radius 1 is 1.14 bits per heavy atom. The zero-order valence-electron chi connectivity index (χ0n) is 20.8. The lowest BCUT2D eigenvalue weighted by molar-refractivity contribution is -0.139. The number of carboxylic acid groups (broad SMARTS) is 1. The largest absolute Gasteiger partial charge is 0.494 e. The van der Waals surface area contributed by atoms with Crippen molar-refractivity contribution < 1.29 is 27.8 Å². The summed E-state index contributed by atoms with van der Waals surface area (Å²) in [6, 6.07) is 16.0. The van der Waals surface area contributed by atoms with Gasteiger partial charge in [0.05, 0.1) is 30.0 Å². The topological polar surface area (TPSA) is 71.5 Å². The van der Waals surface area contributed by atoms with Gasteiger partial charge in [-0.05, 0) is 79.1 Å². The third-order valence-corrected chi connectivity index (χ3v) is 6.73. The molecule has 1 aliphatic carbocycles. The Morgan fingerprint density at radius 2 is 1.92 bits per heavy atom. The second kappa shape index (κ2) is 11.8. The SMILES string of the molecule is CCc1ccc(-c2ccc(C(F)(F)F)c(CNCCCOc3ccc4c(c3)CC[C@H]4CC(=O)O)n2)cc1. The van der Waals surface area contributed by atoms with Crippen LogP contribution in [0.2, 0.25) is 0 Å².